The van der Waals surface area contributed by atoms with Gasteiger partial charge in [0.15, 0.2) is 0 Å². The van der Waals surface area contributed by atoms with Crippen molar-refractivity contribution in [2.75, 3.05) is 26.2 Å². The smallest absolute Gasteiger partial charge is 0.143 e. The van der Waals surface area contributed by atoms with Crippen molar-refractivity contribution in [3.63, 3.8) is 0 Å². The van der Waals surface area contributed by atoms with Gasteiger partial charge in [0.1, 0.15) is 12.4 Å². The van der Waals surface area contributed by atoms with E-state index in [2.05, 4.69) is 22.0 Å². The lowest BCUT2D eigenvalue weighted by Gasteiger charge is -2.26. The molecule has 1 N–H and O–H groups in total. The Hall–Kier alpha value is -1.48. The van der Waals surface area contributed by atoms with E-state index in [1.807, 2.05) is 18.3 Å². The number of likely N-dealkylation sites (tertiary alicyclic amines) is 1. The van der Waals surface area contributed by atoms with Crippen LogP contribution in [0.2, 0.25) is 0 Å². The molecule has 3 nitrogen and oxygen atoms in total. The first-order valence-corrected chi connectivity index (χ1v) is 6.85. The SMILES string of the molecule is c1cc(OCCN2CCCCC2)c2[nH]ccc2c1. The molecule has 2 heterocycles. The fourth-order valence-electron chi connectivity index (χ4n) is 2.64. The number of H-pyrrole nitrogens is 1. The summed E-state index contributed by atoms with van der Waals surface area (Å²) < 4.78 is 5.91. The van der Waals surface area contributed by atoms with E-state index in [1.165, 1.54) is 37.7 Å². The van der Waals surface area contributed by atoms with Gasteiger partial charge in [0.25, 0.3) is 0 Å². The maximum Gasteiger partial charge on any atom is 0.143 e. The van der Waals surface area contributed by atoms with Gasteiger partial charge in [0, 0.05) is 18.1 Å². The maximum atomic E-state index is 5.91. The zero-order valence-electron chi connectivity index (χ0n) is 10.7. The van der Waals surface area contributed by atoms with Crippen LogP contribution in [0, 0.1) is 0 Å². The first-order chi connectivity index (χ1) is 8.93. The van der Waals surface area contributed by atoms with Crippen LogP contribution in [0.1, 0.15) is 19.3 Å². The highest BCUT2D eigenvalue weighted by Crippen LogP contribution is 2.23. The van der Waals surface area contributed by atoms with Gasteiger partial charge in [-0.1, -0.05) is 18.6 Å². The van der Waals surface area contributed by atoms with E-state index in [4.69, 9.17) is 4.74 Å². The van der Waals surface area contributed by atoms with Crippen molar-refractivity contribution >= 4 is 10.9 Å². The molecule has 18 heavy (non-hydrogen) atoms. The third-order valence-corrected chi connectivity index (χ3v) is 3.66. The van der Waals surface area contributed by atoms with Crippen molar-refractivity contribution in [3.8, 4) is 5.75 Å². The standard InChI is InChI=1S/C15H20N2O/c1-2-9-17(10-3-1)11-12-18-14-6-4-5-13-7-8-16-15(13)14/h4-8,16H,1-3,9-12H2. The molecule has 0 amide bonds. The van der Waals surface area contributed by atoms with E-state index in [9.17, 15) is 0 Å². The minimum absolute atomic E-state index is 0.776. The zero-order valence-corrected chi connectivity index (χ0v) is 10.7. The first-order valence-electron chi connectivity index (χ1n) is 6.85. The molecule has 1 aromatic heterocycles. The van der Waals surface area contributed by atoms with Gasteiger partial charge in [0.2, 0.25) is 0 Å². The second-order valence-corrected chi connectivity index (χ2v) is 4.95. The summed E-state index contributed by atoms with van der Waals surface area (Å²) in [6.07, 6.45) is 6.03. The molecule has 3 heteroatoms. The molecule has 0 spiro atoms. The minimum atomic E-state index is 0.776. The number of hydrogen-bond acceptors (Lipinski definition) is 2. The second kappa shape index (κ2) is 5.44. The van der Waals surface area contributed by atoms with Crippen molar-refractivity contribution in [1.82, 2.24) is 9.88 Å². The van der Waals surface area contributed by atoms with E-state index in [1.54, 1.807) is 0 Å². The molecular formula is C15H20N2O. The predicted octanol–water partition coefficient (Wildman–Crippen LogP) is 3.03. The largest absolute Gasteiger partial charge is 0.490 e. The number of benzene rings is 1. The zero-order chi connectivity index (χ0) is 12.2. The monoisotopic (exact) mass is 244 g/mol. The Bertz CT molecular complexity index is 500. The average Bonchev–Trinajstić information content (AvgIpc) is 2.89. The number of ether oxygens (including phenoxy) is 1. The third-order valence-electron chi connectivity index (χ3n) is 3.66. The second-order valence-electron chi connectivity index (χ2n) is 4.95. The van der Waals surface area contributed by atoms with Crippen molar-refractivity contribution in [2.45, 2.75) is 19.3 Å². The Morgan fingerprint density at radius 3 is 2.89 bits per heavy atom. The molecule has 1 aromatic carbocycles. The van der Waals surface area contributed by atoms with Crippen molar-refractivity contribution in [1.29, 1.82) is 0 Å². The Balaban J connectivity index is 1.57. The molecule has 2 aromatic rings. The molecule has 1 aliphatic rings. The van der Waals surface area contributed by atoms with Gasteiger partial charge in [-0.2, -0.15) is 0 Å². The van der Waals surface area contributed by atoms with Crippen LogP contribution in [-0.2, 0) is 0 Å². The molecule has 1 fully saturated rings. The number of aromatic amines is 1. The van der Waals surface area contributed by atoms with Crippen LogP contribution in [0.15, 0.2) is 30.5 Å². The van der Waals surface area contributed by atoms with Crippen LogP contribution in [0.25, 0.3) is 10.9 Å². The van der Waals surface area contributed by atoms with Crippen LogP contribution in [0.5, 0.6) is 5.75 Å². The van der Waals surface area contributed by atoms with Crippen molar-refractivity contribution in [2.24, 2.45) is 0 Å². The molecule has 0 bridgehead atoms. The minimum Gasteiger partial charge on any atom is -0.490 e. The number of nitrogens with one attached hydrogen (secondary N) is 1. The van der Waals surface area contributed by atoms with Gasteiger partial charge in [0.05, 0.1) is 5.52 Å². The Kier molecular flexibility index (Phi) is 3.51. The summed E-state index contributed by atoms with van der Waals surface area (Å²) >= 11 is 0. The normalized spacial score (nSPS) is 17.1. The van der Waals surface area contributed by atoms with Crippen molar-refractivity contribution in [3.05, 3.63) is 30.5 Å². The molecule has 0 saturated carbocycles. The third kappa shape index (κ3) is 2.51. The summed E-state index contributed by atoms with van der Waals surface area (Å²) in [6.45, 7) is 4.28. The summed E-state index contributed by atoms with van der Waals surface area (Å²) in [5, 5.41) is 1.21. The first kappa shape index (κ1) is 11.6. The Morgan fingerprint density at radius 2 is 2.00 bits per heavy atom. The van der Waals surface area contributed by atoms with Crippen LogP contribution >= 0.6 is 0 Å². The summed E-state index contributed by atoms with van der Waals surface area (Å²) in [5.41, 5.74) is 1.11. The van der Waals surface area contributed by atoms with Crippen molar-refractivity contribution < 1.29 is 4.74 Å². The number of aromatic nitrogens is 1. The topological polar surface area (TPSA) is 28.3 Å². The highest BCUT2D eigenvalue weighted by molar-refractivity contribution is 5.85. The quantitative estimate of drug-likeness (QED) is 0.895. The van der Waals surface area contributed by atoms with E-state index < -0.39 is 0 Å². The number of piperidine rings is 1. The number of nitrogens with zero attached hydrogens (tertiary/aromatic N) is 1. The molecular weight excluding hydrogens is 224 g/mol. The van der Waals surface area contributed by atoms with E-state index in [0.717, 1.165) is 24.4 Å². The van der Waals surface area contributed by atoms with E-state index in [-0.39, 0.29) is 0 Å². The van der Waals surface area contributed by atoms with Crippen LogP contribution in [-0.4, -0.2) is 36.1 Å². The fourth-order valence-corrected chi connectivity index (χ4v) is 2.64. The lowest BCUT2D eigenvalue weighted by molar-refractivity contribution is 0.184. The molecule has 3 rings (SSSR count). The Labute approximate surface area is 108 Å². The molecule has 0 unspecified atom stereocenters. The molecule has 1 aliphatic heterocycles. The van der Waals surface area contributed by atoms with Gasteiger partial charge < -0.3 is 9.72 Å². The molecule has 0 radical (unpaired) electrons. The number of rotatable bonds is 4. The average molecular weight is 244 g/mol. The number of hydrogen-bond donors (Lipinski definition) is 1. The van der Waals surface area contributed by atoms with Gasteiger partial charge in [-0.3, -0.25) is 4.90 Å². The van der Waals surface area contributed by atoms with Gasteiger partial charge in [-0.05, 0) is 38.1 Å². The molecule has 1 saturated heterocycles. The summed E-state index contributed by atoms with van der Waals surface area (Å²) in [7, 11) is 0. The molecule has 0 aliphatic carbocycles. The van der Waals surface area contributed by atoms with Gasteiger partial charge >= 0.3 is 0 Å². The molecule has 96 valence electrons. The van der Waals surface area contributed by atoms with E-state index >= 15 is 0 Å². The van der Waals surface area contributed by atoms with Crippen LogP contribution in [0.3, 0.4) is 0 Å². The summed E-state index contributed by atoms with van der Waals surface area (Å²) in [4.78, 5) is 5.74. The summed E-state index contributed by atoms with van der Waals surface area (Å²) in [6, 6.07) is 8.26. The van der Waals surface area contributed by atoms with Gasteiger partial charge in [-0.15, -0.1) is 0 Å². The van der Waals surface area contributed by atoms with Gasteiger partial charge in [-0.25, -0.2) is 0 Å². The highest BCUT2D eigenvalue weighted by atomic mass is 16.5. The number of para-hydroxylation sites is 1. The Morgan fingerprint density at radius 1 is 1.11 bits per heavy atom. The van der Waals surface area contributed by atoms with Crippen LogP contribution in [0.4, 0.5) is 0 Å². The number of fused-ring (bicyclic) bond motifs is 1. The maximum absolute atomic E-state index is 5.91. The molecule has 0 atom stereocenters. The predicted molar refractivity (Wildman–Crippen MR) is 74.1 cm³/mol. The van der Waals surface area contributed by atoms with Crippen LogP contribution < -0.4 is 4.74 Å². The lowest BCUT2D eigenvalue weighted by Crippen LogP contribution is -2.33. The highest BCUT2D eigenvalue weighted by Gasteiger charge is 2.10. The lowest BCUT2D eigenvalue weighted by atomic mass is 10.1. The summed E-state index contributed by atoms with van der Waals surface area (Å²) in [5.74, 6) is 0.967. The fraction of sp³-hybridized carbons (Fsp3) is 0.467. The van der Waals surface area contributed by atoms with E-state index in [0.29, 0.717) is 0 Å².